The summed E-state index contributed by atoms with van der Waals surface area (Å²) in [5.74, 6) is 1.74. The van der Waals surface area contributed by atoms with Crippen molar-refractivity contribution in [2.24, 2.45) is 0 Å². The van der Waals surface area contributed by atoms with E-state index in [1.807, 2.05) is 18.2 Å². The highest BCUT2D eigenvalue weighted by Crippen LogP contribution is 2.34. The molecule has 0 unspecified atom stereocenters. The van der Waals surface area contributed by atoms with Gasteiger partial charge in [-0.1, -0.05) is 18.2 Å². The van der Waals surface area contributed by atoms with Gasteiger partial charge in [0.25, 0.3) is 0 Å². The maximum Gasteiger partial charge on any atom is 0.152 e. The molecule has 0 amide bonds. The molecule has 2 aromatic rings. The monoisotopic (exact) mass is 184 g/mol. The standard InChI is InChI=1S/C11H8N2O/c1-2-4-10-8(3-1)5-9-6-12-13-7-11(9)14-10/h1-4,6-7H,5H2. The first-order valence-electron chi connectivity index (χ1n) is 4.49. The van der Waals surface area contributed by atoms with Crippen molar-refractivity contribution in [3.8, 4) is 11.5 Å². The van der Waals surface area contributed by atoms with E-state index in [0.717, 1.165) is 23.5 Å². The lowest BCUT2D eigenvalue weighted by atomic mass is 10.0. The van der Waals surface area contributed by atoms with E-state index in [-0.39, 0.29) is 0 Å². The van der Waals surface area contributed by atoms with Crippen LogP contribution in [0.5, 0.6) is 11.5 Å². The van der Waals surface area contributed by atoms with Gasteiger partial charge in [0, 0.05) is 12.0 Å². The van der Waals surface area contributed by atoms with Crippen molar-refractivity contribution in [3.05, 3.63) is 47.8 Å². The highest BCUT2D eigenvalue weighted by atomic mass is 16.5. The first-order valence-corrected chi connectivity index (χ1v) is 4.49. The van der Waals surface area contributed by atoms with Gasteiger partial charge in [-0.05, 0) is 11.6 Å². The van der Waals surface area contributed by atoms with Crippen LogP contribution in [0, 0.1) is 0 Å². The van der Waals surface area contributed by atoms with E-state index in [9.17, 15) is 0 Å². The van der Waals surface area contributed by atoms with E-state index < -0.39 is 0 Å². The largest absolute Gasteiger partial charge is 0.455 e. The molecule has 1 aliphatic heterocycles. The number of rotatable bonds is 0. The first kappa shape index (κ1) is 7.50. The number of aromatic nitrogens is 2. The second-order valence-corrected chi connectivity index (χ2v) is 3.27. The van der Waals surface area contributed by atoms with E-state index in [1.165, 1.54) is 5.56 Å². The van der Waals surface area contributed by atoms with Crippen molar-refractivity contribution < 1.29 is 4.74 Å². The molecule has 3 heteroatoms. The topological polar surface area (TPSA) is 35.0 Å². The smallest absolute Gasteiger partial charge is 0.152 e. The van der Waals surface area contributed by atoms with Crippen LogP contribution >= 0.6 is 0 Å². The van der Waals surface area contributed by atoms with Crippen molar-refractivity contribution in [1.29, 1.82) is 0 Å². The summed E-state index contributed by atoms with van der Waals surface area (Å²) in [6, 6.07) is 8.03. The van der Waals surface area contributed by atoms with Crippen LogP contribution in [0.3, 0.4) is 0 Å². The Morgan fingerprint density at radius 2 is 1.79 bits per heavy atom. The predicted octanol–water partition coefficient (Wildman–Crippen LogP) is 2.17. The van der Waals surface area contributed by atoms with Crippen LogP contribution in [0.1, 0.15) is 11.1 Å². The Balaban J connectivity index is 2.12. The number of nitrogens with zero attached hydrogens (tertiary/aromatic N) is 2. The van der Waals surface area contributed by atoms with Crippen molar-refractivity contribution in [2.45, 2.75) is 6.42 Å². The zero-order valence-corrected chi connectivity index (χ0v) is 7.47. The molecule has 14 heavy (non-hydrogen) atoms. The molecule has 0 saturated carbocycles. The van der Waals surface area contributed by atoms with Crippen LogP contribution in [0.15, 0.2) is 36.7 Å². The molecule has 1 aliphatic rings. The van der Waals surface area contributed by atoms with Gasteiger partial charge >= 0.3 is 0 Å². The fraction of sp³-hybridized carbons (Fsp3) is 0.0909. The van der Waals surface area contributed by atoms with E-state index in [4.69, 9.17) is 4.74 Å². The summed E-state index contributed by atoms with van der Waals surface area (Å²) in [4.78, 5) is 0. The number of fused-ring (bicyclic) bond motifs is 2. The zero-order chi connectivity index (χ0) is 9.38. The fourth-order valence-corrected chi connectivity index (χ4v) is 1.63. The molecule has 3 nitrogen and oxygen atoms in total. The minimum absolute atomic E-state index is 0.818. The van der Waals surface area contributed by atoms with Gasteiger partial charge in [-0.2, -0.15) is 10.2 Å². The molecule has 1 aromatic carbocycles. The number of benzene rings is 1. The van der Waals surface area contributed by atoms with Crippen LogP contribution < -0.4 is 4.74 Å². The Hall–Kier alpha value is -1.90. The van der Waals surface area contributed by atoms with Crippen molar-refractivity contribution >= 4 is 0 Å². The second-order valence-electron chi connectivity index (χ2n) is 3.27. The molecular weight excluding hydrogens is 176 g/mol. The maximum atomic E-state index is 5.67. The van der Waals surface area contributed by atoms with E-state index in [1.54, 1.807) is 12.4 Å². The highest BCUT2D eigenvalue weighted by Gasteiger charge is 2.15. The van der Waals surface area contributed by atoms with Gasteiger partial charge in [-0.25, -0.2) is 0 Å². The van der Waals surface area contributed by atoms with Gasteiger partial charge in [-0.3, -0.25) is 0 Å². The molecule has 0 aliphatic carbocycles. The Morgan fingerprint density at radius 1 is 0.929 bits per heavy atom. The molecule has 1 aromatic heterocycles. The summed E-state index contributed by atoms with van der Waals surface area (Å²) in [7, 11) is 0. The molecule has 0 saturated heterocycles. The Morgan fingerprint density at radius 3 is 2.79 bits per heavy atom. The lowest BCUT2D eigenvalue weighted by Crippen LogP contribution is -2.03. The molecule has 0 spiro atoms. The Bertz CT molecular complexity index is 395. The minimum Gasteiger partial charge on any atom is -0.455 e. The van der Waals surface area contributed by atoms with Crippen molar-refractivity contribution in [1.82, 2.24) is 10.2 Å². The quantitative estimate of drug-likeness (QED) is 0.537. The van der Waals surface area contributed by atoms with Crippen LogP contribution in [0.2, 0.25) is 0 Å². The molecule has 3 rings (SSSR count). The van der Waals surface area contributed by atoms with Crippen LogP contribution in [0.4, 0.5) is 0 Å². The molecule has 0 N–H and O–H groups in total. The van der Waals surface area contributed by atoms with Crippen LogP contribution in [-0.2, 0) is 6.42 Å². The summed E-state index contributed by atoms with van der Waals surface area (Å²) in [5, 5.41) is 7.64. The number of hydrogen-bond acceptors (Lipinski definition) is 3. The average molecular weight is 184 g/mol. The van der Waals surface area contributed by atoms with Gasteiger partial charge < -0.3 is 4.74 Å². The van der Waals surface area contributed by atoms with Gasteiger partial charge in [-0.15, -0.1) is 0 Å². The molecular formula is C11H8N2O. The fourth-order valence-electron chi connectivity index (χ4n) is 1.63. The summed E-state index contributed by atoms with van der Waals surface area (Å²) < 4.78 is 5.67. The van der Waals surface area contributed by atoms with Crippen molar-refractivity contribution in [3.63, 3.8) is 0 Å². The van der Waals surface area contributed by atoms with Crippen LogP contribution in [0.25, 0.3) is 0 Å². The number of hydrogen-bond donors (Lipinski definition) is 0. The molecule has 0 bridgehead atoms. The lowest BCUT2D eigenvalue weighted by molar-refractivity contribution is 0.455. The van der Waals surface area contributed by atoms with Crippen molar-refractivity contribution in [2.75, 3.05) is 0 Å². The predicted molar refractivity (Wildman–Crippen MR) is 51.4 cm³/mol. The first-order chi connectivity index (χ1) is 6.93. The van der Waals surface area contributed by atoms with Crippen LogP contribution in [-0.4, -0.2) is 10.2 Å². The van der Waals surface area contributed by atoms with Gasteiger partial charge in [0.2, 0.25) is 0 Å². The van der Waals surface area contributed by atoms with E-state index in [2.05, 4.69) is 16.3 Å². The summed E-state index contributed by atoms with van der Waals surface area (Å²) in [6.07, 6.45) is 4.29. The SMILES string of the molecule is c1ccc2c(c1)Cc1cnncc1O2. The third-order valence-corrected chi connectivity index (χ3v) is 2.35. The molecule has 0 radical (unpaired) electrons. The zero-order valence-electron chi connectivity index (χ0n) is 7.47. The average Bonchev–Trinajstić information content (AvgIpc) is 2.26. The van der Waals surface area contributed by atoms with Gasteiger partial charge in [0.1, 0.15) is 5.75 Å². The highest BCUT2D eigenvalue weighted by molar-refractivity contribution is 5.47. The van der Waals surface area contributed by atoms with E-state index >= 15 is 0 Å². The number of para-hydroxylation sites is 1. The Labute approximate surface area is 81.4 Å². The minimum atomic E-state index is 0.818. The normalized spacial score (nSPS) is 12.6. The molecule has 2 heterocycles. The van der Waals surface area contributed by atoms with E-state index in [0.29, 0.717) is 0 Å². The maximum absolute atomic E-state index is 5.67. The lowest BCUT2D eigenvalue weighted by Gasteiger charge is -2.18. The third kappa shape index (κ3) is 1.06. The van der Waals surface area contributed by atoms with Gasteiger partial charge in [0.15, 0.2) is 5.75 Å². The summed E-state index contributed by atoms with van der Waals surface area (Å²) in [5.41, 5.74) is 2.30. The van der Waals surface area contributed by atoms with Gasteiger partial charge in [0.05, 0.1) is 12.4 Å². The number of ether oxygens (including phenoxy) is 1. The summed E-state index contributed by atoms with van der Waals surface area (Å²) >= 11 is 0. The third-order valence-electron chi connectivity index (χ3n) is 2.35. The molecule has 0 atom stereocenters. The molecule has 68 valence electrons. The second kappa shape index (κ2) is 2.80. The Kier molecular flexibility index (Phi) is 1.50. The molecule has 0 fully saturated rings. The summed E-state index contributed by atoms with van der Waals surface area (Å²) in [6.45, 7) is 0.